The highest BCUT2D eigenvalue weighted by atomic mass is 16.5. The van der Waals surface area contributed by atoms with E-state index in [1.165, 1.54) is 10.9 Å². The smallest absolute Gasteiger partial charge is 0.233 e. The number of hydrogen-bond donors (Lipinski definition) is 2. The van der Waals surface area contributed by atoms with Crippen LogP contribution in [0.4, 0.5) is 0 Å². The van der Waals surface area contributed by atoms with E-state index in [4.69, 9.17) is 4.42 Å². The maximum atomic E-state index is 10.8. The summed E-state index contributed by atoms with van der Waals surface area (Å²) in [5, 5.41) is 19.7. The minimum absolute atomic E-state index is 0.152. The Labute approximate surface area is 158 Å². The molecular formula is C20H26N4O3. The van der Waals surface area contributed by atoms with Crippen LogP contribution in [0.5, 0.6) is 0 Å². The second-order valence-electron chi connectivity index (χ2n) is 6.81. The Bertz CT molecular complexity index is 858. The second-order valence-corrected chi connectivity index (χ2v) is 6.81. The number of aromatic nitrogens is 3. The summed E-state index contributed by atoms with van der Waals surface area (Å²) >= 11 is 0. The van der Waals surface area contributed by atoms with Crippen LogP contribution in [-0.4, -0.2) is 38.4 Å². The molecule has 7 nitrogen and oxygen atoms in total. The molecule has 0 spiro atoms. The molecule has 1 atom stereocenters. The Morgan fingerprint density at radius 1 is 1.26 bits per heavy atom. The molecule has 3 rings (SSSR count). The maximum Gasteiger partial charge on any atom is 0.233 e. The van der Waals surface area contributed by atoms with Crippen LogP contribution in [0, 0.1) is 0 Å². The van der Waals surface area contributed by atoms with E-state index in [0.29, 0.717) is 29.7 Å². The predicted octanol–water partition coefficient (Wildman–Crippen LogP) is 3.85. The van der Waals surface area contributed by atoms with Crippen molar-refractivity contribution < 1.29 is 14.4 Å². The fourth-order valence-corrected chi connectivity index (χ4v) is 3.32. The molecule has 1 aromatic carbocycles. The van der Waals surface area contributed by atoms with Gasteiger partial charge in [-0.2, -0.15) is 0 Å². The van der Waals surface area contributed by atoms with Crippen molar-refractivity contribution in [1.82, 2.24) is 20.2 Å². The van der Waals surface area contributed by atoms with Crippen LogP contribution >= 0.6 is 0 Å². The van der Waals surface area contributed by atoms with Crippen molar-refractivity contribution in [2.45, 2.75) is 51.4 Å². The first-order valence-electron chi connectivity index (χ1n) is 9.49. The van der Waals surface area contributed by atoms with Crippen molar-refractivity contribution in [3.8, 4) is 0 Å². The van der Waals surface area contributed by atoms with Crippen molar-refractivity contribution in [3.05, 3.63) is 47.8 Å². The van der Waals surface area contributed by atoms with Crippen LogP contribution in [0.15, 0.2) is 34.9 Å². The Morgan fingerprint density at radius 2 is 2.11 bits per heavy atom. The van der Waals surface area contributed by atoms with Gasteiger partial charge in [0.1, 0.15) is 0 Å². The quantitative estimate of drug-likeness (QED) is 0.231. The van der Waals surface area contributed by atoms with Gasteiger partial charge in [-0.15, -0.1) is 10.2 Å². The molecule has 0 aliphatic heterocycles. The molecule has 2 heterocycles. The van der Waals surface area contributed by atoms with Gasteiger partial charge in [-0.25, -0.2) is 5.06 Å². The third-order valence-electron chi connectivity index (χ3n) is 4.80. The second kappa shape index (κ2) is 9.32. The minimum Gasteiger partial charge on any atom is -0.425 e. The van der Waals surface area contributed by atoms with Gasteiger partial charge in [-0.05, 0) is 24.5 Å². The average Bonchev–Trinajstić information content (AvgIpc) is 3.32. The van der Waals surface area contributed by atoms with Crippen LogP contribution in [0.25, 0.3) is 10.9 Å². The highest BCUT2D eigenvalue weighted by Gasteiger charge is 2.21. The average molecular weight is 370 g/mol. The third-order valence-corrected chi connectivity index (χ3v) is 4.80. The molecule has 2 aromatic heterocycles. The van der Waals surface area contributed by atoms with Crippen molar-refractivity contribution in [1.29, 1.82) is 0 Å². The zero-order valence-corrected chi connectivity index (χ0v) is 15.6. The van der Waals surface area contributed by atoms with Gasteiger partial charge < -0.3 is 9.40 Å². The number of aromatic amines is 1. The normalized spacial score (nSPS) is 12.4. The SMILES string of the molecule is CCCCC[C@H](CN(O)C=O)c1nnc(CCc2c[nH]c3ccccc23)o1. The number of fused-ring (bicyclic) bond motifs is 1. The van der Waals surface area contributed by atoms with Gasteiger partial charge in [0, 0.05) is 23.5 Å². The number of benzene rings is 1. The van der Waals surface area contributed by atoms with Gasteiger partial charge in [0.15, 0.2) is 0 Å². The first kappa shape index (κ1) is 19.1. The largest absolute Gasteiger partial charge is 0.425 e. The van der Waals surface area contributed by atoms with Crippen LogP contribution in [0.1, 0.15) is 55.9 Å². The highest BCUT2D eigenvalue weighted by Crippen LogP contribution is 2.24. The highest BCUT2D eigenvalue weighted by molar-refractivity contribution is 5.83. The molecular weight excluding hydrogens is 344 g/mol. The van der Waals surface area contributed by atoms with Gasteiger partial charge >= 0.3 is 0 Å². The topological polar surface area (TPSA) is 95.2 Å². The molecule has 1 amide bonds. The van der Waals surface area contributed by atoms with E-state index in [-0.39, 0.29) is 12.5 Å². The van der Waals surface area contributed by atoms with E-state index in [1.807, 2.05) is 18.3 Å². The molecule has 0 saturated heterocycles. The summed E-state index contributed by atoms with van der Waals surface area (Å²) in [6.45, 7) is 2.30. The molecule has 0 saturated carbocycles. The van der Waals surface area contributed by atoms with E-state index in [2.05, 4.69) is 34.2 Å². The Hall–Kier alpha value is -2.67. The molecule has 0 radical (unpaired) electrons. The number of aryl methyl sites for hydroxylation is 2. The van der Waals surface area contributed by atoms with Gasteiger partial charge in [0.05, 0.1) is 12.5 Å². The van der Waals surface area contributed by atoms with Crippen molar-refractivity contribution >= 4 is 17.3 Å². The fourth-order valence-electron chi connectivity index (χ4n) is 3.32. The summed E-state index contributed by atoms with van der Waals surface area (Å²) in [4.78, 5) is 14.0. The number of H-pyrrole nitrogens is 1. The molecule has 144 valence electrons. The number of unbranched alkanes of at least 4 members (excludes halogenated alkanes) is 2. The molecule has 0 bridgehead atoms. The maximum absolute atomic E-state index is 10.8. The number of hydroxylamine groups is 2. The Kier molecular flexibility index (Phi) is 6.59. The van der Waals surface area contributed by atoms with E-state index < -0.39 is 0 Å². The molecule has 7 heteroatoms. The molecule has 0 aliphatic rings. The van der Waals surface area contributed by atoms with Crippen LogP contribution < -0.4 is 0 Å². The predicted molar refractivity (Wildman–Crippen MR) is 101 cm³/mol. The number of carbonyl (C=O) groups excluding carboxylic acids is 1. The molecule has 0 unspecified atom stereocenters. The number of nitrogens with one attached hydrogen (secondary N) is 1. The third kappa shape index (κ3) is 4.95. The van der Waals surface area contributed by atoms with E-state index in [1.54, 1.807) is 0 Å². The van der Waals surface area contributed by atoms with E-state index in [9.17, 15) is 10.0 Å². The summed E-state index contributed by atoms with van der Waals surface area (Å²) in [6, 6.07) is 8.19. The lowest BCUT2D eigenvalue weighted by Crippen LogP contribution is -2.24. The number of para-hydroxylation sites is 1. The molecule has 3 aromatic rings. The summed E-state index contributed by atoms with van der Waals surface area (Å²) in [6.07, 6.45) is 7.83. The lowest BCUT2D eigenvalue weighted by molar-refractivity contribution is -0.151. The molecule has 0 fully saturated rings. The first-order valence-corrected chi connectivity index (χ1v) is 9.49. The van der Waals surface area contributed by atoms with E-state index in [0.717, 1.165) is 37.6 Å². The van der Waals surface area contributed by atoms with Gasteiger partial charge in [-0.1, -0.05) is 44.4 Å². The zero-order valence-electron chi connectivity index (χ0n) is 15.6. The van der Waals surface area contributed by atoms with Crippen LogP contribution in [0.3, 0.4) is 0 Å². The fraction of sp³-hybridized carbons (Fsp3) is 0.450. The van der Waals surface area contributed by atoms with Crippen molar-refractivity contribution in [2.75, 3.05) is 6.54 Å². The standard InChI is InChI=1S/C20H26N4O3/c1-2-3-4-7-16(13-24(26)14-25)20-23-22-19(27-20)11-10-15-12-21-18-9-6-5-8-17(15)18/h5-6,8-9,12,14,16,21,26H,2-4,7,10-11,13H2,1H3/t16-/m1/s1. The minimum atomic E-state index is -0.152. The summed E-state index contributed by atoms with van der Waals surface area (Å²) in [5.41, 5.74) is 2.33. The number of nitrogens with zero attached hydrogens (tertiary/aromatic N) is 3. The van der Waals surface area contributed by atoms with E-state index >= 15 is 0 Å². The summed E-state index contributed by atoms with van der Waals surface area (Å²) in [7, 11) is 0. The van der Waals surface area contributed by atoms with Crippen molar-refractivity contribution in [2.24, 2.45) is 0 Å². The Morgan fingerprint density at radius 3 is 2.93 bits per heavy atom. The van der Waals surface area contributed by atoms with Gasteiger partial charge in [0.25, 0.3) is 0 Å². The summed E-state index contributed by atoms with van der Waals surface area (Å²) in [5.74, 6) is 0.911. The summed E-state index contributed by atoms with van der Waals surface area (Å²) < 4.78 is 5.85. The number of hydrogen-bond acceptors (Lipinski definition) is 5. The molecule has 27 heavy (non-hydrogen) atoms. The first-order chi connectivity index (χ1) is 13.2. The number of rotatable bonds is 11. The van der Waals surface area contributed by atoms with Gasteiger partial charge in [-0.3, -0.25) is 10.0 Å². The lowest BCUT2D eigenvalue weighted by atomic mass is 10.0. The van der Waals surface area contributed by atoms with Gasteiger partial charge in [0.2, 0.25) is 18.2 Å². The zero-order chi connectivity index (χ0) is 19.1. The van der Waals surface area contributed by atoms with Crippen LogP contribution in [0.2, 0.25) is 0 Å². The monoisotopic (exact) mass is 370 g/mol. The van der Waals surface area contributed by atoms with Crippen LogP contribution in [-0.2, 0) is 17.6 Å². The lowest BCUT2D eigenvalue weighted by Gasteiger charge is -2.16. The number of amides is 1. The molecule has 2 N–H and O–H groups in total. The molecule has 0 aliphatic carbocycles. The Balaban J connectivity index is 1.65. The number of carbonyl (C=O) groups is 1. The van der Waals surface area contributed by atoms with Crippen molar-refractivity contribution in [3.63, 3.8) is 0 Å².